The Hall–Kier alpha value is -2.17. The molecule has 1 aliphatic rings. The molecule has 26 heavy (non-hydrogen) atoms. The van der Waals surface area contributed by atoms with Crippen molar-refractivity contribution in [3.63, 3.8) is 0 Å². The van der Waals surface area contributed by atoms with E-state index in [1.807, 2.05) is 6.07 Å². The number of carbonyl (C=O) groups is 1. The molecule has 1 fully saturated rings. The van der Waals surface area contributed by atoms with E-state index in [4.69, 9.17) is 17.0 Å². The lowest BCUT2D eigenvalue weighted by Gasteiger charge is -2.18. The summed E-state index contributed by atoms with van der Waals surface area (Å²) in [5.41, 5.74) is -0.0598. The highest BCUT2D eigenvalue weighted by molar-refractivity contribution is 7.71. The van der Waals surface area contributed by atoms with Crippen molar-refractivity contribution in [3.05, 3.63) is 63.3 Å². The monoisotopic (exact) mass is 378 g/mol. The molecule has 0 spiro atoms. The van der Waals surface area contributed by atoms with Crippen LogP contribution in [0.3, 0.4) is 0 Å². The van der Waals surface area contributed by atoms with Crippen LogP contribution in [0.4, 0.5) is 0 Å². The second kappa shape index (κ2) is 7.60. The Morgan fingerprint density at radius 1 is 1.15 bits per heavy atom. The highest BCUT2D eigenvalue weighted by Crippen LogP contribution is 2.28. The number of hydrogen-bond donors (Lipinski definition) is 3. The van der Waals surface area contributed by atoms with E-state index in [-0.39, 0.29) is 11.1 Å². The van der Waals surface area contributed by atoms with E-state index in [0.717, 1.165) is 14.7 Å². The zero-order valence-corrected chi connectivity index (χ0v) is 14.5. The number of hydrogen-bond acceptors (Lipinski definition) is 7. The molecule has 0 bridgehead atoms. The minimum Gasteiger partial charge on any atom is -0.394 e. The van der Waals surface area contributed by atoms with E-state index >= 15 is 0 Å². The zero-order valence-electron chi connectivity index (χ0n) is 13.6. The van der Waals surface area contributed by atoms with Gasteiger partial charge in [-0.1, -0.05) is 42.5 Å². The fourth-order valence-corrected chi connectivity index (χ4v) is 3.12. The van der Waals surface area contributed by atoms with Crippen LogP contribution in [0.25, 0.3) is 0 Å². The molecule has 138 valence electrons. The van der Waals surface area contributed by atoms with Crippen molar-refractivity contribution in [3.8, 4) is 0 Å². The van der Waals surface area contributed by atoms with Gasteiger partial charge in [-0.2, -0.15) is 0 Å². The van der Waals surface area contributed by atoms with E-state index in [2.05, 4.69) is 0 Å². The number of ether oxygens (including phenoxy) is 1. The maximum absolute atomic E-state index is 12.8. The number of aliphatic hydroxyl groups excluding tert-OH is 3. The summed E-state index contributed by atoms with van der Waals surface area (Å²) in [6, 6.07) is 10.3. The molecule has 0 aliphatic carbocycles. The van der Waals surface area contributed by atoms with Crippen LogP contribution in [0.5, 0.6) is 0 Å². The second-order valence-corrected chi connectivity index (χ2v) is 6.38. The summed E-state index contributed by atoms with van der Waals surface area (Å²) in [6.07, 6.45) is -3.78. The molecule has 0 amide bonds. The number of aromatic nitrogens is 2. The minimum absolute atomic E-state index is 0.0234. The SMILES string of the molecule is O=C(Cc1ccccc1)n1c(=S)ccn([C@@H]2O[C@H](CO)[C@@H](O)[C@H]2O)c1=O. The first-order valence-corrected chi connectivity index (χ1v) is 8.38. The summed E-state index contributed by atoms with van der Waals surface area (Å²) in [7, 11) is 0. The summed E-state index contributed by atoms with van der Waals surface area (Å²) in [5, 5.41) is 29.1. The van der Waals surface area contributed by atoms with Crippen molar-refractivity contribution in [2.24, 2.45) is 0 Å². The number of nitrogens with zero attached hydrogens (tertiary/aromatic N) is 2. The van der Waals surface area contributed by atoms with Crippen LogP contribution in [0.1, 0.15) is 16.6 Å². The smallest absolute Gasteiger partial charge is 0.338 e. The van der Waals surface area contributed by atoms with Crippen molar-refractivity contribution in [2.45, 2.75) is 31.0 Å². The van der Waals surface area contributed by atoms with E-state index in [1.54, 1.807) is 24.3 Å². The van der Waals surface area contributed by atoms with Gasteiger partial charge in [-0.3, -0.25) is 9.36 Å². The molecular formula is C17H18N2O6S. The maximum Gasteiger partial charge on any atom is 0.338 e. The largest absolute Gasteiger partial charge is 0.394 e. The van der Waals surface area contributed by atoms with E-state index < -0.39 is 42.7 Å². The normalized spacial score (nSPS) is 25.3. The van der Waals surface area contributed by atoms with Crippen LogP contribution in [0.2, 0.25) is 0 Å². The fraction of sp³-hybridized carbons (Fsp3) is 0.353. The van der Waals surface area contributed by atoms with Crippen LogP contribution < -0.4 is 5.69 Å². The van der Waals surface area contributed by atoms with Crippen molar-refractivity contribution in [1.82, 2.24) is 9.13 Å². The lowest BCUT2D eigenvalue weighted by molar-refractivity contribution is -0.0553. The highest BCUT2D eigenvalue weighted by Gasteiger charge is 2.43. The lowest BCUT2D eigenvalue weighted by Crippen LogP contribution is -2.40. The molecule has 1 saturated heterocycles. The first-order valence-electron chi connectivity index (χ1n) is 7.98. The first-order chi connectivity index (χ1) is 12.4. The van der Waals surface area contributed by atoms with Gasteiger partial charge < -0.3 is 20.1 Å². The summed E-state index contributed by atoms with van der Waals surface area (Å²) < 4.78 is 7.19. The summed E-state index contributed by atoms with van der Waals surface area (Å²) in [6.45, 7) is -0.518. The van der Waals surface area contributed by atoms with Gasteiger partial charge >= 0.3 is 5.69 Å². The predicted molar refractivity (Wildman–Crippen MR) is 93.3 cm³/mol. The Bertz CT molecular complexity index is 909. The molecule has 0 radical (unpaired) electrons. The topological polar surface area (TPSA) is 114 Å². The number of benzene rings is 1. The average molecular weight is 378 g/mol. The molecule has 1 aromatic heterocycles. The third kappa shape index (κ3) is 3.39. The number of aliphatic hydroxyl groups is 3. The average Bonchev–Trinajstić information content (AvgIpc) is 2.91. The van der Waals surface area contributed by atoms with E-state index in [1.165, 1.54) is 12.3 Å². The quantitative estimate of drug-likeness (QED) is 0.635. The molecule has 3 N–H and O–H groups in total. The number of rotatable bonds is 4. The Balaban J connectivity index is 1.96. The Labute approximate surface area is 153 Å². The van der Waals surface area contributed by atoms with Gasteiger partial charge in [-0.25, -0.2) is 9.36 Å². The molecule has 1 aliphatic heterocycles. The Morgan fingerprint density at radius 2 is 1.85 bits per heavy atom. The van der Waals surface area contributed by atoms with Gasteiger partial charge in [-0.05, 0) is 11.6 Å². The summed E-state index contributed by atoms with van der Waals surface area (Å²) in [4.78, 5) is 25.3. The molecule has 0 unspecified atom stereocenters. The van der Waals surface area contributed by atoms with E-state index in [0.29, 0.717) is 0 Å². The molecule has 2 heterocycles. The van der Waals surface area contributed by atoms with Crippen LogP contribution in [-0.4, -0.2) is 55.3 Å². The van der Waals surface area contributed by atoms with Crippen LogP contribution in [-0.2, 0) is 11.2 Å². The number of carbonyl (C=O) groups excluding carboxylic acids is 1. The first kappa shape index (κ1) is 18.6. The van der Waals surface area contributed by atoms with Gasteiger partial charge in [-0.15, -0.1) is 0 Å². The minimum atomic E-state index is -1.43. The summed E-state index contributed by atoms with van der Waals surface area (Å²) >= 11 is 5.10. The second-order valence-electron chi connectivity index (χ2n) is 5.96. The van der Waals surface area contributed by atoms with Gasteiger partial charge in [0.15, 0.2) is 6.23 Å². The molecule has 8 nitrogen and oxygen atoms in total. The molecule has 3 rings (SSSR count). The fourth-order valence-electron chi connectivity index (χ4n) is 2.87. The molecule has 4 atom stereocenters. The Kier molecular flexibility index (Phi) is 5.44. The van der Waals surface area contributed by atoms with Gasteiger partial charge in [0.1, 0.15) is 23.0 Å². The third-order valence-electron chi connectivity index (χ3n) is 4.25. The molecule has 1 aromatic carbocycles. The van der Waals surface area contributed by atoms with Gasteiger partial charge in [0.05, 0.1) is 13.0 Å². The zero-order chi connectivity index (χ0) is 18.8. The molecule has 9 heteroatoms. The van der Waals surface area contributed by atoms with Gasteiger partial charge in [0, 0.05) is 6.20 Å². The summed E-state index contributed by atoms with van der Waals surface area (Å²) in [5.74, 6) is -0.521. The standard InChI is InChI=1S/C17H18N2O6S/c20-9-11-14(22)15(23)16(25-11)18-7-6-13(26)19(17(18)24)12(21)8-10-4-2-1-3-5-10/h1-7,11,14-16,20,22-23H,8-9H2/t11-,14-,15-,16-/m1/s1. The van der Waals surface area contributed by atoms with Crippen LogP contribution >= 0.6 is 12.2 Å². The van der Waals surface area contributed by atoms with Gasteiger partial charge in [0.25, 0.3) is 0 Å². The van der Waals surface area contributed by atoms with Crippen LogP contribution in [0, 0.1) is 4.64 Å². The molecule has 2 aromatic rings. The van der Waals surface area contributed by atoms with Gasteiger partial charge in [0.2, 0.25) is 5.91 Å². The molecule has 0 saturated carbocycles. The van der Waals surface area contributed by atoms with Crippen molar-refractivity contribution < 1.29 is 24.9 Å². The highest BCUT2D eigenvalue weighted by atomic mass is 32.1. The molecular weight excluding hydrogens is 360 g/mol. The third-order valence-corrected chi connectivity index (χ3v) is 4.57. The van der Waals surface area contributed by atoms with E-state index in [9.17, 15) is 24.9 Å². The predicted octanol–water partition coefficient (Wildman–Crippen LogP) is -0.126. The van der Waals surface area contributed by atoms with Crippen molar-refractivity contribution >= 4 is 18.1 Å². The van der Waals surface area contributed by atoms with Crippen LogP contribution in [0.15, 0.2) is 47.4 Å². The van der Waals surface area contributed by atoms with Crippen molar-refractivity contribution in [2.75, 3.05) is 6.61 Å². The Morgan fingerprint density at radius 3 is 2.46 bits per heavy atom. The maximum atomic E-state index is 12.8. The van der Waals surface area contributed by atoms with Crippen molar-refractivity contribution in [1.29, 1.82) is 0 Å². The lowest BCUT2D eigenvalue weighted by atomic mass is 10.1.